The van der Waals surface area contributed by atoms with E-state index in [1.807, 2.05) is 6.07 Å². The van der Waals surface area contributed by atoms with Crippen LogP contribution in [0.2, 0.25) is 0 Å². The van der Waals surface area contributed by atoms with Crippen LogP contribution in [0.4, 0.5) is 4.39 Å². The number of aryl methyl sites for hydroxylation is 1. The quantitative estimate of drug-likeness (QED) is 0.854. The van der Waals surface area contributed by atoms with Crippen LogP contribution in [0.5, 0.6) is 0 Å². The fourth-order valence-electron chi connectivity index (χ4n) is 2.28. The molecule has 0 radical (unpaired) electrons. The Morgan fingerprint density at radius 2 is 1.94 bits per heavy atom. The lowest BCUT2D eigenvalue weighted by molar-refractivity contribution is 0.356. The van der Waals surface area contributed by atoms with E-state index >= 15 is 0 Å². The van der Waals surface area contributed by atoms with Gasteiger partial charge in [0.25, 0.3) is 0 Å². The molecular formula is C16H24FN. The largest absolute Gasteiger partial charge is 0.312 e. The van der Waals surface area contributed by atoms with Crippen molar-refractivity contribution in [1.29, 1.82) is 0 Å². The van der Waals surface area contributed by atoms with Crippen molar-refractivity contribution in [2.75, 3.05) is 6.54 Å². The van der Waals surface area contributed by atoms with E-state index in [4.69, 9.17) is 0 Å². The first-order valence-electron chi connectivity index (χ1n) is 6.80. The number of hydrogen-bond donors (Lipinski definition) is 1. The third-order valence-electron chi connectivity index (χ3n) is 3.83. The molecule has 100 valence electrons. The van der Waals surface area contributed by atoms with Crippen LogP contribution < -0.4 is 5.32 Å². The van der Waals surface area contributed by atoms with Crippen LogP contribution in [0, 0.1) is 18.2 Å². The van der Waals surface area contributed by atoms with Gasteiger partial charge >= 0.3 is 0 Å². The van der Waals surface area contributed by atoms with E-state index in [1.165, 1.54) is 24.0 Å². The highest BCUT2D eigenvalue weighted by Gasteiger charge is 2.42. The highest BCUT2D eigenvalue weighted by atomic mass is 19.1. The van der Waals surface area contributed by atoms with Gasteiger partial charge < -0.3 is 5.32 Å². The smallest absolute Gasteiger partial charge is 0.123 e. The van der Waals surface area contributed by atoms with Gasteiger partial charge in [-0.05, 0) is 75.6 Å². The van der Waals surface area contributed by atoms with Gasteiger partial charge in [-0.25, -0.2) is 4.39 Å². The standard InChI is InChI=1S/C16H24FN/c1-12-5-6-14(17)9-13(12)10-16(7-8-16)11-18-15(2,3)4/h5-6,9,18H,7-8,10-11H2,1-4H3. The van der Waals surface area contributed by atoms with E-state index < -0.39 is 0 Å². The number of benzene rings is 1. The summed E-state index contributed by atoms with van der Waals surface area (Å²) >= 11 is 0. The molecule has 0 aromatic heterocycles. The Bertz CT molecular complexity index is 427. The second-order valence-corrected chi connectivity index (χ2v) is 6.85. The molecule has 1 aromatic carbocycles. The molecule has 0 atom stereocenters. The Hall–Kier alpha value is -0.890. The van der Waals surface area contributed by atoms with Crippen molar-refractivity contribution in [3.8, 4) is 0 Å². The van der Waals surface area contributed by atoms with Gasteiger partial charge in [0.05, 0.1) is 0 Å². The number of nitrogens with one attached hydrogen (secondary N) is 1. The van der Waals surface area contributed by atoms with Crippen molar-refractivity contribution >= 4 is 0 Å². The predicted molar refractivity (Wildman–Crippen MR) is 74.3 cm³/mol. The molecule has 0 aliphatic heterocycles. The lowest BCUT2D eigenvalue weighted by Crippen LogP contribution is -2.40. The van der Waals surface area contributed by atoms with Crippen LogP contribution in [0.3, 0.4) is 0 Å². The first-order valence-corrected chi connectivity index (χ1v) is 6.80. The Morgan fingerprint density at radius 1 is 1.28 bits per heavy atom. The SMILES string of the molecule is Cc1ccc(F)cc1CC1(CNC(C)(C)C)CC1. The van der Waals surface area contributed by atoms with Gasteiger partial charge in [-0.1, -0.05) is 6.07 Å². The van der Waals surface area contributed by atoms with Crippen LogP contribution in [-0.4, -0.2) is 12.1 Å². The first-order chi connectivity index (χ1) is 8.30. The molecule has 1 N–H and O–H groups in total. The molecule has 1 nitrogen and oxygen atoms in total. The lowest BCUT2D eigenvalue weighted by atomic mass is 9.92. The maximum Gasteiger partial charge on any atom is 0.123 e. The van der Waals surface area contributed by atoms with E-state index in [9.17, 15) is 4.39 Å². The highest BCUT2D eigenvalue weighted by molar-refractivity contribution is 5.29. The van der Waals surface area contributed by atoms with E-state index in [0.29, 0.717) is 5.41 Å². The molecule has 18 heavy (non-hydrogen) atoms. The summed E-state index contributed by atoms with van der Waals surface area (Å²) in [6.07, 6.45) is 3.51. The minimum atomic E-state index is -0.116. The number of halogens is 1. The Morgan fingerprint density at radius 3 is 2.50 bits per heavy atom. The van der Waals surface area contributed by atoms with Crippen LogP contribution >= 0.6 is 0 Å². The molecule has 1 aromatic rings. The zero-order chi connectivity index (χ0) is 13.4. The molecule has 0 bridgehead atoms. The summed E-state index contributed by atoms with van der Waals surface area (Å²) in [4.78, 5) is 0. The molecule has 0 heterocycles. The average molecular weight is 249 g/mol. The summed E-state index contributed by atoms with van der Waals surface area (Å²) in [5, 5.41) is 3.59. The van der Waals surface area contributed by atoms with Gasteiger partial charge in [-0.3, -0.25) is 0 Å². The third-order valence-corrected chi connectivity index (χ3v) is 3.83. The summed E-state index contributed by atoms with van der Waals surface area (Å²) in [5.41, 5.74) is 2.90. The molecule has 0 spiro atoms. The molecular weight excluding hydrogens is 225 g/mol. The Kier molecular flexibility index (Phi) is 3.50. The normalized spacial score (nSPS) is 17.8. The van der Waals surface area contributed by atoms with E-state index in [1.54, 1.807) is 12.1 Å². The van der Waals surface area contributed by atoms with Gasteiger partial charge in [0, 0.05) is 12.1 Å². The summed E-state index contributed by atoms with van der Waals surface area (Å²) < 4.78 is 13.3. The van der Waals surface area contributed by atoms with E-state index in [-0.39, 0.29) is 11.4 Å². The number of hydrogen-bond acceptors (Lipinski definition) is 1. The van der Waals surface area contributed by atoms with Crippen LogP contribution in [0.1, 0.15) is 44.7 Å². The van der Waals surface area contributed by atoms with Gasteiger partial charge in [0.15, 0.2) is 0 Å². The summed E-state index contributed by atoms with van der Waals surface area (Å²) in [6.45, 7) is 9.68. The van der Waals surface area contributed by atoms with Gasteiger partial charge in [0.2, 0.25) is 0 Å². The van der Waals surface area contributed by atoms with Gasteiger partial charge in [0.1, 0.15) is 5.82 Å². The lowest BCUT2D eigenvalue weighted by Gasteiger charge is -2.25. The van der Waals surface area contributed by atoms with Crippen molar-refractivity contribution in [1.82, 2.24) is 5.32 Å². The maximum atomic E-state index is 13.3. The van der Waals surface area contributed by atoms with Crippen LogP contribution in [0.15, 0.2) is 18.2 Å². The molecule has 1 fully saturated rings. The predicted octanol–water partition coefficient (Wildman–Crippen LogP) is 3.84. The van der Waals surface area contributed by atoms with Crippen molar-refractivity contribution in [3.63, 3.8) is 0 Å². The van der Waals surface area contributed by atoms with Gasteiger partial charge in [-0.2, -0.15) is 0 Å². The molecule has 2 heteroatoms. The van der Waals surface area contributed by atoms with E-state index in [2.05, 4.69) is 33.0 Å². The molecule has 0 saturated heterocycles. The minimum absolute atomic E-state index is 0.116. The third kappa shape index (κ3) is 3.55. The molecule has 2 rings (SSSR count). The van der Waals surface area contributed by atoms with Crippen LogP contribution in [-0.2, 0) is 6.42 Å². The molecule has 0 amide bonds. The van der Waals surface area contributed by atoms with Crippen LogP contribution in [0.25, 0.3) is 0 Å². The average Bonchev–Trinajstić information content (AvgIpc) is 3.01. The minimum Gasteiger partial charge on any atom is -0.312 e. The fourth-order valence-corrected chi connectivity index (χ4v) is 2.28. The molecule has 0 unspecified atom stereocenters. The Labute approximate surface area is 110 Å². The monoisotopic (exact) mass is 249 g/mol. The van der Waals surface area contributed by atoms with Gasteiger partial charge in [-0.15, -0.1) is 0 Å². The second kappa shape index (κ2) is 4.65. The number of rotatable bonds is 4. The first kappa shape index (κ1) is 13.5. The molecule has 1 saturated carbocycles. The zero-order valence-electron chi connectivity index (χ0n) is 11.9. The summed E-state index contributed by atoms with van der Waals surface area (Å²) in [6, 6.07) is 5.14. The Balaban J connectivity index is 2.02. The highest BCUT2D eigenvalue weighted by Crippen LogP contribution is 2.48. The molecule has 1 aliphatic rings. The topological polar surface area (TPSA) is 12.0 Å². The second-order valence-electron chi connectivity index (χ2n) is 6.85. The molecule has 1 aliphatic carbocycles. The van der Waals surface area contributed by atoms with Crippen molar-refractivity contribution in [2.24, 2.45) is 5.41 Å². The fraction of sp³-hybridized carbons (Fsp3) is 0.625. The van der Waals surface area contributed by atoms with Crippen molar-refractivity contribution < 1.29 is 4.39 Å². The van der Waals surface area contributed by atoms with E-state index in [0.717, 1.165) is 13.0 Å². The van der Waals surface area contributed by atoms with Crippen molar-refractivity contribution in [2.45, 2.75) is 52.5 Å². The maximum absolute atomic E-state index is 13.3. The van der Waals surface area contributed by atoms with Crippen molar-refractivity contribution in [3.05, 3.63) is 35.1 Å². The summed E-state index contributed by atoms with van der Waals surface area (Å²) in [5.74, 6) is -0.116. The summed E-state index contributed by atoms with van der Waals surface area (Å²) in [7, 11) is 0. The zero-order valence-corrected chi connectivity index (χ0v) is 11.9.